The van der Waals surface area contributed by atoms with E-state index in [0.717, 1.165) is 11.3 Å². The number of benzene rings is 1. The molecule has 5 heteroatoms. The van der Waals surface area contributed by atoms with Crippen molar-refractivity contribution in [3.8, 4) is 0 Å². The molecule has 2 N–H and O–H groups in total. The van der Waals surface area contributed by atoms with Gasteiger partial charge in [0.25, 0.3) is 0 Å². The average Bonchev–Trinajstić information content (AvgIpc) is 3.06. The summed E-state index contributed by atoms with van der Waals surface area (Å²) in [5.74, 6) is 0.0842. The monoisotopic (exact) mass is 328 g/mol. The molecular formula is C18H20N2O2S. The van der Waals surface area contributed by atoms with E-state index in [1.54, 1.807) is 29.5 Å². The predicted molar refractivity (Wildman–Crippen MR) is 95.5 cm³/mol. The van der Waals surface area contributed by atoms with Crippen molar-refractivity contribution >= 4 is 34.9 Å². The lowest BCUT2D eigenvalue weighted by Gasteiger charge is -2.09. The Morgan fingerprint density at radius 3 is 2.57 bits per heavy atom. The highest BCUT2D eigenvalue weighted by Gasteiger charge is 2.06. The summed E-state index contributed by atoms with van der Waals surface area (Å²) in [7, 11) is 0. The number of thiophene rings is 1. The Bertz CT molecular complexity index is 676. The van der Waals surface area contributed by atoms with Gasteiger partial charge in [0, 0.05) is 25.2 Å². The second-order valence-corrected chi connectivity index (χ2v) is 6.12. The third-order valence-electron chi connectivity index (χ3n) is 3.35. The van der Waals surface area contributed by atoms with E-state index in [9.17, 15) is 9.59 Å². The topological polar surface area (TPSA) is 58.2 Å². The summed E-state index contributed by atoms with van der Waals surface area (Å²) < 4.78 is 0. The molecular weight excluding hydrogens is 308 g/mol. The van der Waals surface area contributed by atoms with Crippen LogP contribution in [0.5, 0.6) is 0 Å². The van der Waals surface area contributed by atoms with Crippen LogP contribution in [0.4, 0.5) is 5.69 Å². The highest BCUT2D eigenvalue weighted by atomic mass is 32.1. The molecule has 0 aliphatic carbocycles. The van der Waals surface area contributed by atoms with E-state index >= 15 is 0 Å². The second kappa shape index (κ2) is 8.29. The van der Waals surface area contributed by atoms with E-state index in [-0.39, 0.29) is 11.8 Å². The zero-order chi connectivity index (χ0) is 16.7. The van der Waals surface area contributed by atoms with Crippen LogP contribution in [0.2, 0.25) is 0 Å². The molecule has 0 bridgehead atoms. The van der Waals surface area contributed by atoms with Crippen molar-refractivity contribution in [3.05, 3.63) is 58.3 Å². The van der Waals surface area contributed by atoms with Gasteiger partial charge in [0.15, 0.2) is 0 Å². The summed E-state index contributed by atoms with van der Waals surface area (Å²) in [6, 6.07) is 9.38. The van der Waals surface area contributed by atoms with Crippen LogP contribution < -0.4 is 10.6 Å². The number of rotatable bonds is 6. The van der Waals surface area contributed by atoms with Gasteiger partial charge in [-0.25, -0.2) is 0 Å². The Balaban J connectivity index is 1.82. The molecule has 1 atom stereocenters. The van der Waals surface area contributed by atoms with E-state index in [0.29, 0.717) is 12.5 Å². The fourth-order valence-corrected chi connectivity index (χ4v) is 2.82. The van der Waals surface area contributed by atoms with Crippen LogP contribution in [-0.4, -0.2) is 18.4 Å². The largest absolute Gasteiger partial charge is 0.352 e. The summed E-state index contributed by atoms with van der Waals surface area (Å²) in [6.07, 6.45) is 3.27. The fraction of sp³-hybridized carbons (Fsp3) is 0.222. The Kier molecular flexibility index (Phi) is 6.11. The summed E-state index contributed by atoms with van der Waals surface area (Å²) in [4.78, 5) is 22.8. The zero-order valence-electron chi connectivity index (χ0n) is 13.2. The lowest BCUT2D eigenvalue weighted by molar-refractivity contribution is -0.116. The van der Waals surface area contributed by atoms with Crippen LogP contribution >= 0.6 is 11.3 Å². The van der Waals surface area contributed by atoms with Gasteiger partial charge in [0.2, 0.25) is 11.8 Å². The van der Waals surface area contributed by atoms with Gasteiger partial charge >= 0.3 is 0 Å². The normalized spacial score (nSPS) is 12.1. The maximum absolute atomic E-state index is 11.9. The maximum atomic E-state index is 11.9. The number of nitrogens with one attached hydrogen (secondary N) is 2. The van der Waals surface area contributed by atoms with Crippen molar-refractivity contribution in [1.29, 1.82) is 0 Å². The first-order chi connectivity index (χ1) is 11.0. The van der Waals surface area contributed by atoms with Crippen molar-refractivity contribution in [3.63, 3.8) is 0 Å². The van der Waals surface area contributed by atoms with Crippen LogP contribution in [0.15, 0.2) is 47.2 Å². The molecule has 1 heterocycles. The van der Waals surface area contributed by atoms with Gasteiger partial charge in [0.1, 0.15) is 0 Å². The van der Waals surface area contributed by atoms with Gasteiger partial charge in [-0.3, -0.25) is 9.59 Å². The minimum absolute atomic E-state index is 0.104. The number of amides is 2. The van der Waals surface area contributed by atoms with E-state index in [1.165, 1.54) is 18.6 Å². The summed E-state index contributed by atoms with van der Waals surface area (Å²) in [5.41, 5.74) is 2.89. The van der Waals surface area contributed by atoms with Crippen molar-refractivity contribution in [2.24, 2.45) is 0 Å². The van der Waals surface area contributed by atoms with E-state index in [2.05, 4.69) is 29.0 Å². The molecule has 1 aromatic heterocycles. The van der Waals surface area contributed by atoms with Gasteiger partial charge in [-0.05, 0) is 52.1 Å². The first kappa shape index (κ1) is 17.0. The Morgan fingerprint density at radius 2 is 1.96 bits per heavy atom. The number of anilines is 1. The Hall–Kier alpha value is -2.40. The fourth-order valence-electron chi connectivity index (χ4n) is 2.04. The molecule has 1 aromatic carbocycles. The molecule has 2 rings (SSSR count). The quantitative estimate of drug-likeness (QED) is 0.795. The molecule has 0 unspecified atom stereocenters. The lowest BCUT2D eigenvalue weighted by atomic mass is 10.1. The van der Waals surface area contributed by atoms with Gasteiger partial charge in [-0.2, -0.15) is 11.3 Å². The number of hydrogen-bond donors (Lipinski definition) is 2. The van der Waals surface area contributed by atoms with Crippen LogP contribution in [0, 0.1) is 0 Å². The molecule has 2 aromatic rings. The van der Waals surface area contributed by atoms with Crippen LogP contribution in [0.1, 0.15) is 30.9 Å². The van der Waals surface area contributed by atoms with Gasteiger partial charge < -0.3 is 10.6 Å². The van der Waals surface area contributed by atoms with Gasteiger partial charge in [0.05, 0.1) is 0 Å². The molecule has 0 saturated carbocycles. The molecule has 0 saturated heterocycles. The standard InChI is InChI=1S/C18H20N2O2S/c1-13(16-9-10-23-12-16)11-19-18(22)8-5-15-3-6-17(7-4-15)20-14(2)21/h3-10,12-13H,11H2,1-2H3,(H,19,22)(H,20,21)/b8-5-/t13-/m1/s1. The second-order valence-electron chi connectivity index (χ2n) is 5.34. The maximum Gasteiger partial charge on any atom is 0.244 e. The highest BCUT2D eigenvalue weighted by molar-refractivity contribution is 7.07. The van der Waals surface area contributed by atoms with E-state index in [4.69, 9.17) is 0 Å². The van der Waals surface area contributed by atoms with Crippen molar-refractivity contribution < 1.29 is 9.59 Å². The molecule has 0 aliphatic heterocycles. The minimum atomic E-state index is -0.113. The molecule has 4 nitrogen and oxygen atoms in total. The van der Waals surface area contributed by atoms with Gasteiger partial charge in [-0.15, -0.1) is 0 Å². The van der Waals surface area contributed by atoms with Crippen molar-refractivity contribution in [2.75, 3.05) is 11.9 Å². The molecule has 120 valence electrons. The van der Waals surface area contributed by atoms with Crippen LogP contribution in [0.25, 0.3) is 6.08 Å². The molecule has 0 fully saturated rings. The Labute approximate surface area is 140 Å². The first-order valence-corrected chi connectivity index (χ1v) is 8.34. The Morgan fingerprint density at radius 1 is 1.22 bits per heavy atom. The summed E-state index contributed by atoms with van der Waals surface area (Å²) >= 11 is 1.66. The summed E-state index contributed by atoms with van der Waals surface area (Å²) in [5, 5.41) is 9.74. The minimum Gasteiger partial charge on any atom is -0.352 e. The number of hydrogen-bond acceptors (Lipinski definition) is 3. The molecule has 0 radical (unpaired) electrons. The lowest BCUT2D eigenvalue weighted by Crippen LogP contribution is -2.25. The van der Waals surface area contributed by atoms with Crippen LogP contribution in [0.3, 0.4) is 0 Å². The highest BCUT2D eigenvalue weighted by Crippen LogP contribution is 2.17. The number of carbonyl (C=O) groups is 2. The first-order valence-electron chi connectivity index (χ1n) is 7.40. The predicted octanol–water partition coefficient (Wildman–Crippen LogP) is 3.64. The van der Waals surface area contributed by atoms with E-state index < -0.39 is 0 Å². The van der Waals surface area contributed by atoms with Gasteiger partial charge in [-0.1, -0.05) is 19.1 Å². The van der Waals surface area contributed by atoms with Crippen LogP contribution in [-0.2, 0) is 9.59 Å². The molecule has 0 aliphatic rings. The molecule has 23 heavy (non-hydrogen) atoms. The SMILES string of the molecule is CC(=O)Nc1ccc(/C=C\C(=O)NC[C@@H](C)c2ccsc2)cc1. The zero-order valence-corrected chi connectivity index (χ0v) is 14.0. The van der Waals surface area contributed by atoms with Crippen molar-refractivity contribution in [1.82, 2.24) is 5.32 Å². The molecule has 2 amide bonds. The molecule has 0 spiro atoms. The average molecular weight is 328 g/mol. The van der Waals surface area contributed by atoms with E-state index in [1.807, 2.05) is 17.5 Å². The smallest absolute Gasteiger partial charge is 0.244 e. The summed E-state index contributed by atoms with van der Waals surface area (Å²) in [6.45, 7) is 4.17. The number of carbonyl (C=O) groups excluding carboxylic acids is 2. The van der Waals surface area contributed by atoms with Crippen molar-refractivity contribution in [2.45, 2.75) is 19.8 Å². The third kappa shape index (κ3) is 5.71. The third-order valence-corrected chi connectivity index (χ3v) is 4.05.